The number of amides is 1. The van der Waals surface area contributed by atoms with Crippen LogP contribution in [-0.2, 0) is 16.1 Å². The van der Waals surface area contributed by atoms with Gasteiger partial charge >= 0.3 is 0 Å². The van der Waals surface area contributed by atoms with Gasteiger partial charge in [0.1, 0.15) is 11.8 Å². The third kappa shape index (κ3) is 4.26. The second-order valence-corrected chi connectivity index (χ2v) is 7.38. The van der Waals surface area contributed by atoms with Gasteiger partial charge in [-0.2, -0.15) is 5.10 Å². The van der Waals surface area contributed by atoms with Gasteiger partial charge in [-0.3, -0.25) is 9.78 Å². The largest absolute Gasteiger partial charge is 0.492 e. The van der Waals surface area contributed by atoms with Crippen molar-refractivity contribution in [3.8, 4) is 23.0 Å². The summed E-state index contributed by atoms with van der Waals surface area (Å²) in [4.78, 5) is 21.8. The van der Waals surface area contributed by atoms with E-state index in [2.05, 4.69) is 36.6 Å². The Balaban J connectivity index is 1.43. The Morgan fingerprint density at radius 2 is 2.10 bits per heavy atom. The zero-order valence-corrected chi connectivity index (χ0v) is 18.3. The topological polar surface area (TPSA) is 113 Å². The Morgan fingerprint density at radius 1 is 1.32 bits per heavy atom. The van der Waals surface area contributed by atoms with Crippen molar-refractivity contribution in [2.24, 2.45) is 10.3 Å². The first-order chi connectivity index (χ1) is 15.1. The maximum absolute atomic E-state index is 12.3. The molecule has 0 radical (unpaired) electrons. The highest BCUT2D eigenvalue weighted by Gasteiger charge is 2.34. The van der Waals surface area contributed by atoms with Crippen LogP contribution in [0.3, 0.4) is 0 Å². The van der Waals surface area contributed by atoms with Gasteiger partial charge in [-0.15, -0.1) is 0 Å². The molecule has 3 heterocycles. The number of hydrogen-bond donors (Lipinski definition) is 1. The third-order valence-electron chi connectivity index (χ3n) is 4.66. The summed E-state index contributed by atoms with van der Waals surface area (Å²) >= 11 is 3.56. The Morgan fingerprint density at radius 3 is 2.81 bits per heavy atom. The van der Waals surface area contributed by atoms with Gasteiger partial charge in [0.2, 0.25) is 18.3 Å². The van der Waals surface area contributed by atoms with E-state index in [9.17, 15) is 4.79 Å². The van der Waals surface area contributed by atoms with Gasteiger partial charge in [0.05, 0.1) is 24.9 Å². The number of benzene rings is 1. The van der Waals surface area contributed by atoms with Crippen LogP contribution in [0.5, 0.6) is 23.0 Å². The highest BCUT2D eigenvalue weighted by Crippen LogP contribution is 2.54. The van der Waals surface area contributed by atoms with Gasteiger partial charge in [0, 0.05) is 36.4 Å². The fourth-order valence-corrected chi connectivity index (χ4v) is 3.94. The number of fused-ring (bicyclic) bond motifs is 1. The van der Waals surface area contributed by atoms with Gasteiger partial charge in [-0.1, -0.05) is 11.2 Å². The number of halogens is 1. The Kier molecular flexibility index (Phi) is 6.21. The van der Waals surface area contributed by atoms with E-state index in [0.29, 0.717) is 40.3 Å². The number of oxime groups is 1. The maximum atomic E-state index is 12.3. The number of nitrogens with one attached hydrogen (secondary N) is 1. The molecule has 0 fully saturated rings. The minimum atomic E-state index is -0.433. The summed E-state index contributed by atoms with van der Waals surface area (Å²) < 4.78 is 22.8. The smallest absolute Gasteiger partial charge is 0.289 e. The van der Waals surface area contributed by atoms with Crippen LogP contribution >= 0.6 is 15.9 Å². The number of carbonyl (C=O) groups is 1. The molecule has 1 atom stereocenters. The number of hydrogen-bond acceptors (Lipinski definition) is 9. The van der Waals surface area contributed by atoms with E-state index in [4.69, 9.17) is 23.8 Å². The van der Waals surface area contributed by atoms with Gasteiger partial charge in [-0.05, 0) is 22.0 Å². The van der Waals surface area contributed by atoms with Gasteiger partial charge in [-0.25, -0.2) is 5.43 Å². The molecule has 162 valence electrons. The summed E-state index contributed by atoms with van der Waals surface area (Å²) in [6.07, 6.45) is 5.12. The quantitative estimate of drug-likeness (QED) is 0.468. The number of rotatable bonds is 7. The predicted octanol–water partition coefficient (Wildman–Crippen LogP) is 2.43. The molecule has 1 aromatic heterocycles. The second-order valence-electron chi connectivity index (χ2n) is 6.58. The molecule has 1 aromatic carbocycles. The fourth-order valence-electron chi connectivity index (χ4n) is 3.25. The van der Waals surface area contributed by atoms with E-state index in [1.54, 1.807) is 32.7 Å². The molecule has 31 heavy (non-hydrogen) atoms. The molecular formula is C20H19BrN4O6. The average molecular weight is 491 g/mol. The van der Waals surface area contributed by atoms with Crippen molar-refractivity contribution in [2.45, 2.75) is 18.9 Å². The van der Waals surface area contributed by atoms with Crippen LogP contribution in [0.2, 0.25) is 0 Å². The molecule has 2 aliphatic rings. The second kappa shape index (κ2) is 9.21. The average Bonchev–Trinajstić information content (AvgIpc) is 3.45. The van der Waals surface area contributed by atoms with E-state index in [1.165, 1.54) is 6.21 Å². The molecule has 0 saturated carbocycles. The molecule has 4 rings (SSSR count). The molecule has 10 nitrogen and oxygen atoms in total. The van der Waals surface area contributed by atoms with Crippen molar-refractivity contribution in [3.63, 3.8) is 0 Å². The number of carbonyl (C=O) groups excluding carboxylic acids is 1. The normalized spacial score (nSPS) is 16.7. The standard InChI is InChI=1S/C20H19BrN4O6/c1-27-16-13(15(21)17(28-2)19-18(16)29-10-30-19)6-12-7-14(25-31-12)20(26)24-23-9-11-4-3-5-22-8-11/h3-5,8-9,12H,6-7,10H2,1-2H3,(H,24,26)/b23-9-. The molecule has 0 bridgehead atoms. The van der Waals surface area contributed by atoms with Crippen molar-refractivity contribution in [3.05, 3.63) is 40.1 Å². The number of pyridine rings is 1. The summed E-state index contributed by atoms with van der Waals surface area (Å²) in [7, 11) is 3.09. The summed E-state index contributed by atoms with van der Waals surface area (Å²) in [5.41, 5.74) is 4.22. The molecule has 1 unspecified atom stereocenters. The Labute approximate surface area is 186 Å². The first-order valence-electron chi connectivity index (χ1n) is 9.30. The lowest BCUT2D eigenvalue weighted by molar-refractivity contribution is -0.114. The van der Waals surface area contributed by atoms with Gasteiger partial charge in [0.15, 0.2) is 11.5 Å². The molecule has 2 aromatic rings. The summed E-state index contributed by atoms with van der Waals surface area (Å²) in [6, 6.07) is 3.60. The molecular weight excluding hydrogens is 472 g/mol. The molecule has 2 aliphatic heterocycles. The van der Waals surface area contributed by atoms with Crippen LogP contribution in [0.15, 0.2) is 39.3 Å². The summed E-state index contributed by atoms with van der Waals surface area (Å²) in [5, 5.41) is 7.84. The van der Waals surface area contributed by atoms with Crippen LogP contribution in [-0.4, -0.2) is 49.9 Å². The van der Waals surface area contributed by atoms with Crippen molar-refractivity contribution in [2.75, 3.05) is 21.0 Å². The molecule has 0 aliphatic carbocycles. The highest BCUT2D eigenvalue weighted by molar-refractivity contribution is 9.10. The lowest BCUT2D eigenvalue weighted by atomic mass is 10.0. The van der Waals surface area contributed by atoms with Crippen molar-refractivity contribution in [1.29, 1.82) is 0 Å². The van der Waals surface area contributed by atoms with E-state index in [-0.39, 0.29) is 18.6 Å². The van der Waals surface area contributed by atoms with E-state index in [0.717, 1.165) is 11.1 Å². The van der Waals surface area contributed by atoms with Gasteiger partial charge < -0.3 is 23.8 Å². The zero-order chi connectivity index (χ0) is 21.8. The summed E-state index contributed by atoms with van der Waals surface area (Å²) in [6.45, 7) is 0.0743. The molecule has 11 heteroatoms. The molecule has 1 amide bonds. The SMILES string of the molecule is COc1c(Br)c(CC2CC(C(=O)N/N=C\c3cccnc3)=NO2)c(OC)c2c1OCO2. The van der Waals surface area contributed by atoms with Crippen molar-refractivity contribution >= 4 is 33.8 Å². The zero-order valence-electron chi connectivity index (χ0n) is 16.8. The number of methoxy groups -OCH3 is 2. The number of aromatic nitrogens is 1. The maximum Gasteiger partial charge on any atom is 0.289 e. The monoisotopic (exact) mass is 490 g/mol. The third-order valence-corrected chi connectivity index (χ3v) is 5.50. The van der Waals surface area contributed by atoms with Crippen molar-refractivity contribution in [1.82, 2.24) is 10.4 Å². The molecule has 0 saturated heterocycles. The highest BCUT2D eigenvalue weighted by atomic mass is 79.9. The fraction of sp³-hybridized carbons (Fsp3) is 0.300. The van der Waals surface area contributed by atoms with Crippen LogP contribution in [0.1, 0.15) is 17.5 Å². The minimum absolute atomic E-state index is 0.0743. The van der Waals surface area contributed by atoms with Crippen LogP contribution in [0.4, 0.5) is 0 Å². The molecule has 0 spiro atoms. The Hall–Kier alpha value is -3.34. The van der Waals surface area contributed by atoms with Crippen LogP contribution in [0.25, 0.3) is 0 Å². The van der Waals surface area contributed by atoms with E-state index < -0.39 is 5.91 Å². The minimum Gasteiger partial charge on any atom is -0.492 e. The van der Waals surface area contributed by atoms with E-state index in [1.807, 2.05) is 6.07 Å². The van der Waals surface area contributed by atoms with E-state index >= 15 is 0 Å². The van der Waals surface area contributed by atoms with Gasteiger partial charge in [0.25, 0.3) is 5.91 Å². The van der Waals surface area contributed by atoms with Crippen LogP contribution in [0, 0.1) is 0 Å². The lowest BCUT2D eigenvalue weighted by Gasteiger charge is -2.18. The van der Waals surface area contributed by atoms with Crippen LogP contribution < -0.4 is 24.4 Å². The first-order valence-corrected chi connectivity index (χ1v) is 10.1. The van der Waals surface area contributed by atoms with Crippen molar-refractivity contribution < 1.29 is 28.6 Å². The Bertz CT molecular complexity index is 1040. The summed E-state index contributed by atoms with van der Waals surface area (Å²) in [5.74, 6) is 1.54. The number of nitrogens with zero attached hydrogens (tertiary/aromatic N) is 3. The molecule has 1 N–H and O–H groups in total. The first kappa shape index (κ1) is 20.9. The number of ether oxygens (including phenoxy) is 4. The predicted molar refractivity (Wildman–Crippen MR) is 114 cm³/mol. The lowest BCUT2D eigenvalue weighted by Crippen LogP contribution is -2.27. The number of hydrazone groups is 1.